The lowest BCUT2D eigenvalue weighted by Crippen LogP contribution is -2.23. The van der Waals surface area contributed by atoms with E-state index in [1.807, 2.05) is 0 Å². The second-order valence-electron chi connectivity index (χ2n) is 3.57. The van der Waals surface area contributed by atoms with Gasteiger partial charge in [0, 0.05) is 18.6 Å². The SMILES string of the molecule is CCC(=O)C(C)Oc1cc(F)c(Br)cc1[N+](=O)[O-]. The molecule has 0 N–H and O–H groups in total. The van der Waals surface area contributed by atoms with Crippen LogP contribution in [-0.2, 0) is 4.79 Å². The fourth-order valence-corrected chi connectivity index (χ4v) is 1.63. The fourth-order valence-electron chi connectivity index (χ4n) is 1.30. The highest BCUT2D eigenvalue weighted by Crippen LogP contribution is 2.33. The van der Waals surface area contributed by atoms with Crippen molar-refractivity contribution in [2.75, 3.05) is 0 Å². The molecule has 0 bridgehead atoms. The molecule has 0 aliphatic carbocycles. The number of benzene rings is 1. The molecular formula is C11H11BrFNO4. The van der Waals surface area contributed by atoms with Crippen LogP contribution in [-0.4, -0.2) is 16.8 Å². The van der Waals surface area contributed by atoms with Gasteiger partial charge in [0.15, 0.2) is 11.9 Å². The normalized spacial score (nSPS) is 12.0. The summed E-state index contributed by atoms with van der Waals surface area (Å²) in [7, 11) is 0. The van der Waals surface area contributed by atoms with Crippen molar-refractivity contribution < 1.29 is 18.8 Å². The Labute approximate surface area is 111 Å². The molecule has 0 aliphatic rings. The predicted octanol–water partition coefficient (Wildman–Crippen LogP) is 3.24. The van der Waals surface area contributed by atoms with Gasteiger partial charge in [0.1, 0.15) is 5.82 Å². The third kappa shape index (κ3) is 3.25. The van der Waals surface area contributed by atoms with Gasteiger partial charge in [0.25, 0.3) is 0 Å². The summed E-state index contributed by atoms with van der Waals surface area (Å²) in [6.07, 6.45) is -0.609. The number of ether oxygens (including phenoxy) is 1. The van der Waals surface area contributed by atoms with Crippen LogP contribution in [0, 0.1) is 15.9 Å². The molecule has 0 aliphatic heterocycles. The number of nitrogens with zero attached hydrogens (tertiary/aromatic N) is 1. The number of Topliss-reactive ketones (excluding diaryl/α,β-unsaturated/α-hetero) is 1. The Hall–Kier alpha value is -1.50. The molecule has 7 heteroatoms. The van der Waals surface area contributed by atoms with Crippen molar-refractivity contribution in [3.63, 3.8) is 0 Å². The summed E-state index contributed by atoms with van der Waals surface area (Å²) in [6.45, 7) is 3.12. The van der Waals surface area contributed by atoms with Gasteiger partial charge in [0.05, 0.1) is 9.40 Å². The third-order valence-corrected chi connectivity index (χ3v) is 2.91. The number of hydrogen-bond acceptors (Lipinski definition) is 4. The monoisotopic (exact) mass is 319 g/mol. The highest BCUT2D eigenvalue weighted by Gasteiger charge is 2.22. The van der Waals surface area contributed by atoms with Gasteiger partial charge in [-0.15, -0.1) is 0 Å². The fraction of sp³-hybridized carbons (Fsp3) is 0.364. The first-order valence-electron chi connectivity index (χ1n) is 5.19. The van der Waals surface area contributed by atoms with E-state index in [9.17, 15) is 19.3 Å². The number of nitro groups is 1. The van der Waals surface area contributed by atoms with Gasteiger partial charge in [-0.1, -0.05) is 6.92 Å². The lowest BCUT2D eigenvalue weighted by Gasteiger charge is -2.13. The Morgan fingerprint density at radius 3 is 2.72 bits per heavy atom. The van der Waals surface area contributed by atoms with E-state index in [0.717, 1.165) is 12.1 Å². The molecule has 18 heavy (non-hydrogen) atoms. The predicted molar refractivity (Wildman–Crippen MR) is 66.1 cm³/mol. The first-order valence-corrected chi connectivity index (χ1v) is 5.99. The van der Waals surface area contributed by atoms with E-state index < -0.39 is 16.8 Å². The van der Waals surface area contributed by atoms with E-state index >= 15 is 0 Å². The number of carbonyl (C=O) groups is 1. The molecule has 98 valence electrons. The Bertz CT molecular complexity index is 492. The van der Waals surface area contributed by atoms with Crippen molar-refractivity contribution >= 4 is 27.4 Å². The van der Waals surface area contributed by atoms with Gasteiger partial charge < -0.3 is 4.74 Å². The quantitative estimate of drug-likeness (QED) is 0.617. The molecule has 1 atom stereocenters. The molecule has 1 unspecified atom stereocenters. The van der Waals surface area contributed by atoms with Crippen LogP contribution in [0.1, 0.15) is 20.3 Å². The lowest BCUT2D eigenvalue weighted by molar-refractivity contribution is -0.386. The van der Waals surface area contributed by atoms with E-state index in [2.05, 4.69) is 15.9 Å². The minimum Gasteiger partial charge on any atom is -0.476 e. The number of rotatable bonds is 5. The lowest BCUT2D eigenvalue weighted by atomic mass is 10.2. The van der Waals surface area contributed by atoms with Crippen LogP contribution in [0.4, 0.5) is 10.1 Å². The summed E-state index contributed by atoms with van der Waals surface area (Å²) in [5.41, 5.74) is -0.390. The number of carbonyl (C=O) groups excluding carboxylic acids is 1. The highest BCUT2D eigenvalue weighted by molar-refractivity contribution is 9.10. The molecule has 0 aromatic heterocycles. The molecule has 1 aromatic rings. The van der Waals surface area contributed by atoms with Crippen LogP contribution in [0.15, 0.2) is 16.6 Å². The van der Waals surface area contributed by atoms with Gasteiger partial charge >= 0.3 is 5.69 Å². The summed E-state index contributed by atoms with van der Waals surface area (Å²) in [4.78, 5) is 21.5. The van der Waals surface area contributed by atoms with E-state index in [1.165, 1.54) is 6.92 Å². The molecule has 0 spiro atoms. The minimum absolute atomic E-state index is 0.0315. The van der Waals surface area contributed by atoms with E-state index in [4.69, 9.17) is 4.74 Å². The Balaban J connectivity index is 3.11. The number of nitro benzene ring substituents is 1. The van der Waals surface area contributed by atoms with Crippen molar-refractivity contribution in [2.45, 2.75) is 26.4 Å². The number of halogens is 2. The molecule has 0 saturated heterocycles. The molecule has 1 aromatic carbocycles. The summed E-state index contributed by atoms with van der Waals surface area (Å²) in [5, 5.41) is 10.8. The van der Waals surface area contributed by atoms with Crippen molar-refractivity contribution in [1.82, 2.24) is 0 Å². The van der Waals surface area contributed by atoms with Crippen LogP contribution in [0.25, 0.3) is 0 Å². The smallest absolute Gasteiger partial charge is 0.312 e. The van der Waals surface area contributed by atoms with Crippen LogP contribution < -0.4 is 4.74 Å². The average molecular weight is 320 g/mol. The first kappa shape index (κ1) is 14.6. The summed E-state index contributed by atoms with van der Waals surface area (Å²) >= 11 is 2.86. The van der Waals surface area contributed by atoms with Gasteiger partial charge in [-0.25, -0.2) is 4.39 Å². The zero-order chi connectivity index (χ0) is 13.9. The largest absolute Gasteiger partial charge is 0.476 e. The Morgan fingerprint density at radius 1 is 1.61 bits per heavy atom. The van der Waals surface area contributed by atoms with Gasteiger partial charge in [0.2, 0.25) is 5.75 Å². The Kier molecular flexibility index (Phi) is 4.77. The van der Waals surface area contributed by atoms with Crippen LogP contribution >= 0.6 is 15.9 Å². The van der Waals surface area contributed by atoms with Gasteiger partial charge in [-0.3, -0.25) is 14.9 Å². The zero-order valence-electron chi connectivity index (χ0n) is 9.78. The first-order chi connectivity index (χ1) is 8.36. The van der Waals surface area contributed by atoms with Crippen molar-refractivity contribution in [2.24, 2.45) is 0 Å². The molecule has 1 rings (SSSR count). The maximum absolute atomic E-state index is 13.3. The topological polar surface area (TPSA) is 69.4 Å². The van der Waals surface area contributed by atoms with E-state index in [0.29, 0.717) is 0 Å². The van der Waals surface area contributed by atoms with E-state index in [-0.39, 0.29) is 28.1 Å². The van der Waals surface area contributed by atoms with Gasteiger partial charge in [-0.05, 0) is 22.9 Å². The highest BCUT2D eigenvalue weighted by atomic mass is 79.9. The third-order valence-electron chi connectivity index (χ3n) is 2.30. The maximum atomic E-state index is 13.3. The van der Waals surface area contributed by atoms with Crippen molar-refractivity contribution in [3.05, 3.63) is 32.5 Å². The summed E-state index contributed by atoms with van der Waals surface area (Å²) < 4.78 is 18.4. The van der Waals surface area contributed by atoms with Gasteiger partial charge in [-0.2, -0.15) is 0 Å². The maximum Gasteiger partial charge on any atom is 0.312 e. The molecule has 0 fully saturated rings. The molecule has 0 radical (unpaired) electrons. The van der Waals surface area contributed by atoms with E-state index in [1.54, 1.807) is 6.92 Å². The molecule has 0 amide bonds. The summed E-state index contributed by atoms with van der Waals surface area (Å²) in [5.74, 6) is -1.16. The summed E-state index contributed by atoms with van der Waals surface area (Å²) in [6, 6.07) is 1.90. The Morgan fingerprint density at radius 2 is 2.22 bits per heavy atom. The van der Waals surface area contributed by atoms with Crippen LogP contribution in [0.3, 0.4) is 0 Å². The second-order valence-corrected chi connectivity index (χ2v) is 4.43. The molecule has 5 nitrogen and oxygen atoms in total. The van der Waals surface area contributed by atoms with Crippen molar-refractivity contribution in [3.8, 4) is 5.75 Å². The number of ketones is 1. The average Bonchev–Trinajstić information content (AvgIpc) is 2.31. The van der Waals surface area contributed by atoms with Crippen LogP contribution in [0.5, 0.6) is 5.75 Å². The molecule has 0 heterocycles. The minimum atomic E-state index is -0.853. The zero-order valence-corrected chi connectivity index (χ0v) is 11.4. The second kappa shape index (κ2) is 5.90. The number of hydrogen-bond donors (Lipinski definition) is 0. The van der Waals surface area contributed by atoms with Crippen molar-refractivity contribution in [1.29, 1.82) is 0 Å². The van der Waals surface area contributed by atoms with Crippen LogP contribution in [0.2, 0.25) is 0 Å². The standard InChI is InChI=1S/C11H11BrFNO4/c1-3-10(15)6(2)18-11-5-8(13)7(12)4-9(11)14(16)17/h4-6H,3H2,1-2H3. The molecule has 0 saturated carbocycles. The molecular weight excluding hydrogens is 309 g/mol.